The Morgan fingerprint density at radius 1 is 1.43 bits per heavy atom. The highest BCUT2D eigenvalue weighted by atomic mass is 32.2. The number of nitrogens with zero attached hydrogens (tertiary/aromatic N) is 2. The van der Waals surface area contributed by atoms with E-state index in [-0.39, 0.29) is 10.6 Å². The monoisotopic (exact) mass is 327 g/mol. The van der Waals surface area contributed by atoms with Gasteiger partial charge in [-0.2, -0.15) is 0 Å². The van der Waals surface area contributed by atoms with Crippen LogP contribution in [-0.2, 0) is 16.4 Å². The first kappa shape index (κ1) is 15.8. The summed E-state index contributed by atoms with van der Waals surface area (Å²) in [5.41, 5.74) is 2.65. The Morgan fingerprint density at radius 2 is 2.19 bits per heavy atom. The Hall–Kier alpha value is -1.55. The number of thiazole rings is 1. The molecule has 0 bridgehead atoms. The summed E-state index contributed by atoms with van der Waals surface area (Å²) in [4.78, 5) is 9.19. The number of hydrazine groups is 1. The predicted molar refractivity (Wildman–Crippen MR) is 82.3 cm³/mol. The summed E-state index contributed by atoms with van der Waals surface area (Å²) in [6.07, 6.45) is 5.36. The summed E-state index contributed by atoms with van der Waals surface area (Å²) in [6.45, 7) is 3.78. The van der Waals surface area contributed by atoms with Gasteiger partial charge in [0.25, 0.3) is 0 Å². The second-order valence-electron chi connectivity index (χ2n) is 4.38. The Kier molecular flexibility index (Phi) is 4.88. The average molecular weight is 327 g/mol. The van der Waals surface area contributed by atoms with Crippen molar-refractivity contribution in [2.75, 3.05) is 5.43 Å². The summed E-state index contributed by atoms with van der Waals surface area (Å²) >= 11 is 1.49. The van der Waals surface area contributed by atoms with Crippen molar-refractivity contribution < 1.29 is 8.42 Å². The molecule has 0 spiro atoms. The molecule has 21 heavy (non-hydrogen) atoms. The molecule has 1 unspecified atom stereocenters. The maximum absolute atomic E-state index is 12.4. The minimum Gasteiger partial charge on any atom is -0.323 e. The number of nitrogens with two attached hydrogens (primary N) is 1. The van der Waals surface area contributed by atoms with E-state index < -0.39 is 16.1 Å². The van der Waals surface area contributed by atoms with Crippen molar-refractivity contribution >= 4 is 27.0 Å². The number of nitrogens with one attached hydrogen (secondary N) is 2. The molecule has 7 nitrogen and oxygen atoms in total. The Labute approximate surface area is 127 Å². The van der Waals surface area contributed by atoms with Crippen molar-refractivity contribution in [1.29, 1.82) is 0 Å². The molecule has 9 heteroatoms. The van der Waals surface area contributed by atoms with Crippen LogP contribution >= 0.6 is 11.3 Å². The number of hydrogen-bond acceptors (Lipinski definition) is 7. The fourth-order valence-electron chi connectivity index (χ4n) is 1.75. The topological polar surface area (TPSA) is 110 Å². The predicted octanol–water partition coefficient (Wildman–Crippen LogP) is 1.43. The molecule has 2 aromatic rings. The number of nitrogen functional groups attached to an aromatic ring is 1. The van der Waals surface area contributed by atoms with Gasteiger partial charge < -0.3 is 5.43 Å². The lowest BCUT2D eigenvalue weighted by atomic mass is 10.4. The standard InChI is InChI=1S/C12H17N5O2S2/c1-3-9-6-15-12(20-9)8(2)17-21(18,19)11-7-14-5-4-10(11)16-13/h4-8,17H,3,13H2,1-2H3,(H,14,16). The van der Waals surface area contributed by atoms with Gasteiger partial charge in [-0.25, -0.2) is 18.1 Å². The normalized spacial score (nSPS) is 13.1. The number of sulfonamides is 1. The molecular weight excluding hydrogens is 310 g/mol. The number of aromatic nitrogens is 2. The molecule has 0 aromatic carbocycles. The van der Waals surface area contributed by atoms with Crippen molar-refractivity contribution in [2.45, 2.75) is 31.2 Å². The molecule has 0 saturated heterocycles. The molecule has 0 aliphatic rings. The lowest BCUT2D eigenvalue weighted by Gasteiger charge is -2.14. The molecule has 0 radical (unpaired) electrons. The summed E-state index contributed by atoms with van der Waals surface area (Å²) in [5.74, 6) is 5.33. The van der Waals surface area contributed by atoms with Gasteiger partial charge in [0.05, 0.1) is 11.7 Å². The van der Waals surface area contributed by atoms with Crippen molar-refractivity contribution in [1.82, 2.24) is 14.7 Å². The molecule has 0 aliphatic heterocycles. The van der Waals surface area contributed by atoms with Gasteiger partial charge in [-0.1, -0.05) is 6.92 Å². The van der Waals surface area contributed by atoms with Gasteiger partial charge in [0.2, 0.25) is 10.0 Å². The molecule has 2 heterocycles. The lowest BCUT2D eigenvalue weighted by molar-refractivity contribution is 0.566. The van der Waals surface area contributed by atoms with Crippen LogP contribution in [0.3, 0.4) is 0 Å². The largest absolute Gasteiger partial charge is 0.323 e. The molecule has 2 rings (SSSR count). The Bertz CT molecular complexity index is 714. The van der Waals surface area contributed by atoms with Gasteiger partial charge in [0.1, 0.15) is 9.90 Å². The number of rotatable bonds is 6. The second kappa shape index (κ2) is 6.48. The van der Waals surface area contributed by atoms with Crippen molar-refractivity contribution in [3.8, 4) is 0 Å². The third-order valence-electron chi connectivity index (χ3n) is 2.85. The highest BCUT2D eigenvalue weighted by Crippen LogP contribution is 2.24. The van der Waals surface area contributed by atoms with E-state index in [0.717, 1.165) is 16.3 Å². The van der Waals surface area contributed by atoms with Crippen LogP contribution in [0.4, 0.5) is 5.69 Å². The summed E-state index contributed by atoms with van der Waals surface area (Å²) in [6, 6.07) is 1.07. The fraction of sp³-hybridized carbons (Fsp3) is 0.333. The van der Waals surface area contributed by atoms with E-state index in [0.29, 0.717) is 0 Å². The van der Waals surface area contributed by atoms with E-state index in [1.54, 1.807) is 13.1 Å². The molecule has 0 aliphatic carbocycles. The zero-order valence-electron chi connectivity index (χ0n) is 11.7. The molecule has 1 atom stereocenters. The van der Waals surface area contributed by atoms with Crippen LogP contribution in [0.1, 0.15) is 29.8 Å². The smallest absolute Gasteiger partial charge is 0.244 e. The van der Waals surface area contributed by atoms with E-state index >= 15 is 0 Å². The van der Waals surface area contributed by atoms with Crippen molar-refractivity contribution in [3.63, 3.8) is 0 Å². The third kappa shape index (κ3) is 3.56. The van der Waals surface area contributed by atoms with Gasteiger partial charge in [-0.3, -0.25) is 10.8 Å². The van der Waals surface area contributed by atoms with Crippen LogP contribution in [0, 0.1) is 0 Å². The lowest BCUT2D eigenvalue weighted by Crippen LogP contribution is -2.28. The van der Waals surface area contributed by atoms with Crippen LogP contribution in [0.2, 0.25) is 0 Å². The van der Waals surface area contributed by atoms with Crippen LogP contribution in [0.5, 0.6) is 0 Å². The van der Waals surface area contributed by atoms with Crippen LogP contribution < -0.4 is 16.0 Å². The quantitative estimate of drug-likeness (QED) is 0.547. The molecule has 0 fully saturated rings. The maximum atomic E-state index is 12.4. The summed E-state index contributed by atoms with van der Waals surface area (Å²) < 4.78 is 27.4. The van der Waals surface area contributed by atoms with E-state index in [1.165, 1.54) is 29.8 Å². The van der Waals surface area contributed by atoms with Crippen molar-refractivity contribution in [2.24, 2.45) is 5.84 Å². The van der Waals surface area contributed by atoms with Crippen LogP contribution in [0.25, 0.3) is 0 Å². The van der Waals surface area contributed by atoms with Gasteiger partial charge in [0.15, 0.2) is 0 Å². The maximum Gasteiger partial charge on any atom is 0.244 e. The number of aryl methyl sites for hydroxylation is 1. The third-order valence-corrected chi connectivity index (χ3v) is 5.74. The zero-order valence-corrected chi connectivity index (χ0v) is 13.3. The van der Waals surface area contributed by atoms with Gasteiger partial charge in [-0.05, 0) is 19.4 Å². The van der Waals surface area contributed by atoms with Crippen LogP contribution in [0.15, 0.2) is 29.6 Å². The zero-order chi connectivity index (χ0) is 15.5. The minimum atomic E-state index is -3.74. The molecule has 4 N–H and O–H groups in total. The second-order valence-corrected chi connectivity index (χ2v) is 7.21. The first-order valence-corrected chi connectivity index (χ1v) is 8.65. The molecule has 114 valence electrons. The Balaban J connectivity index is 2.24. The first-order chi connectivity index (χ1) is 9.97. The average Bonchev–Trinajstić information content (AvgIpc) is 2.96. The van der Waals surface area contributed by atoms with Gasteiger partial charge in [-0.15, -0.1) is 11.3 Å². The highest BCUT2D eigenvalue weighted by Gasteiger charge is 2.23. The summed E-state index contributed by atoms with van der Waals surface area (Å²) in [5, 5.41) is 0.724. The first-order valence-electron chi connectivity index (χ1n) is 6.35. The van der Waals surface area contributed by atoms with Gasteiger partial charge >= 0.3 is 0 Å². The van der Waals surface area contributed by atoms with E-state index in [9.17, 15) is 8.42 Å². The van der Waals surface area contributed by atoms with E-state index in [1.807, 2.05) is 6.92 Å². The molecule has 2 aromatic heterocycles. The molecule has 0 saturated carbocycles. The minimum absolute atomic E-state index is 0.00613. The number of pyridine rings is 1. The molecular formula is C12H17N5O2S2. The molecule has 0 amide bonds. The number of hydrogen-bond donors (Lipinski definition) is 3. The van der Waals surface area contributed by atoms with Gasteiger partial charge in [0, 0.05) is 23.5 Å². The highest BCUT2D eigenvalue weighted by molar-refractivity contribution is 7.89. The SMILES string of the molecule is CCc1cnc(C(C)NS(=O)(=O)c2cnccc2NN)s1. The van der Waals surface area contributed by atoms with E-state index in [4.69, 9.17) is 5.84 Å². The van der Waals surface area contributed by atoms with E-state index in [2.05, 4.69) is 20.1 Å². The summed E-state index contributed by atoms with van der Waals surface area (Å²) in [7, 11) is -3.74. The fourth-order valence-corrected chi connectivity index (χ4v) is 4.00. The Morgan fingerprint density at radius 3 is 2.81 bits per heavy atom. The van der Waals surface area contributed by atoms with Crippen LogP contribution in [-0.4, -0.2) is 18.4 Å². The van der Waals surface area contributed by atoms with Crippen molar-refractivity contribution in [3.05, 3.63) is 34.5 Å². The number of anilines is 1.